The van der Waals surface area contributed by atoms with Gasteiger partial charge in [0.2, 0.25) is 0 Å². The first kappa shape index (κ1) is 10.5. The normalized spacial score (nSPS) is 12.4. The third-order valence-electron chi connectivity index (χ3n) is 2.06. The Hall–Kier alpha value is -1.55. The van der Waals surface area contributed by atoms with Crippen molar-refractivity contribution in [2.75, 3.05) is 5.73 Å². The summed E-state index contributed by atoms with van der Waals surface area (Å²) in [5, 5.41) is 8.64. The van der Waals surface area contributed by atoms with E-state index >= 15 is 0 Å². The number of carbonyl (C=O) groups is 1. The van der Waals surface area contributed by atoms with Crippen LogP contribution in [0.1, 0.15) is 11.1 Å². The average Bonchev–Trinajstić information content (AvgIpc) is 2.11. The quantitative estimate of drug-likeness (QED) is 0.612. The second kappa shape index (κ2) is 4.11. The van der Waals surface area contributed by atoms with E-state index in [4.69, 9.17) is 16.6 Å². The minimum Gasteiger partial charge on any atom is -0.480 e. The highest BCUT2D eigenvalue weighted by Crippen LogP contribution is 2.15. The fraction of sp³-hybridized carbons (Fsp3) is 0.300. The van der Waals surface area contributed by atoms with Crippen LogP contribution in [0.5, 0.6) is 0 Å². The number of hydrogen-bond acceptors (Lipinski definition) is 3. The largest absolute Gasteiger partial charge is 0.480 e. The fourth-order valence-corrected chi connectivity index (χ4v) is 1.24. The lowest BCUT2D eigenvalue weighted by Gasteiger charge is -2.09. The maximum absolute atomic E-state index is 10.5. The molecule has 0 radical (unpaired) electrons. The summed E-state index contributed by atoms with van der Waals surface area (Å²) in [6, 6.07) is 4.61. The van der Waals surface area contributed by atoms with Gasteiger partial charge in [0.1, 0.15) is 6.04 Å². The molecule has 4 heteroatoms. The van der Waals surface area contributed by atoms with Gasteiger partial charge in [0.05, 0.1) is 0 Å². The summed E-state index contributed by atoms with van der Waals surface area (Å²) in [6.45, 7) is 1.93. The van der Waals surface area contributed by atoms with Gasteiger partial charge in [-0.15, -0.1) is 0 Å². The number of carboxylic acids is 1. The van der Waals surface area contributed by atoms with Crippen molar-refractivity contribution in [3.05, 3.63) is 29.3 Å². The van der Waals surface area contributed by atoms with Crippen LogP contribution in [0.4, 0.5) is 5.69 Å². The zero-order valence-corrected chi connectivity index (χ0v) is 8.03. The molecule has 14 heavy (non-hydrogen) atoms. The molecule has 0 spiro atoms. The summed E-state index contributed by atoms with van der Waals surface area (Å²) in [7, 11) is 0. The third-order valence-corrected chi connectivity index (χ3v) is 2.06. The molecule has 0 aliphatic carbocycles. The molecule has 0 fully saturated rings. The molecule has 0 heterocycles. The van der Waals surface area contributed by atoms with Gasteiger partial charge < -0.3 is 16.6 Å². The average molecular weight is 194 g/mol. The molecule has 0 aromatic heterocycles. The standard InChI is InChI=1S/C10H14N2O2/c1-6-2-3-8(11)7(4-6)5-9(12)10(13)14/h2-4,9H,5,11-12H2,1H3,(H,13,14)/t9-/m0/s1. The number of nitrogens with two attached hydrogens (primary N) is 2. The highest BCUT2D eigenvalue weighted by atomic mass is 16.4. The maximum Gasteiger partial charge on any atom is 0.320 e. The van der Waals surface area contributed by atoms with Crippen LogP contribution in [-0.4, -0.2) is 17.1 Å². The van der Waals surface area contributed by atoms with Gasteiger partial charge in [-0.25, -0.2) is 0 Å². The smallest absolute Gasteiger partial charge is 0.320 e. The molecule has 0 saturated carbocycles. The number of nitrogen functional groups attached to an aromatic ring is 1. The molecule has 1 atom stereocenters. The number of rotatable bonds is 3. The summed E-state index contributed by atoms with van der Waals surface area (Å²) in [5.41, 5.74) is 13.5. The van der Waals surface area contributed by atoms with Gasteiger partial charge in [-0.1, -0.05) is 17.7 Å². The van der Waals surface area contributed by atoms with Gasteiger partial charge in [0.15, 0.2) is 0 Å². The van der Waals surface area contributed by atoms with E-state index in [2.05, 4.69) is 0 Å². The van der Waals surface area contributed by atoms with Crippen molar-refractivity contribution in [3.63, 3.8) is 0 Å². The van der Waals surface area contributed by atoms with Crippen molar-refractivity contribution < 1.29 is 9.90 Å². The number of carboxylic acid groups (broad SMARTS) is 1. The first-order chi connectivity index (χ1) is 6.50. The molecule has 0 saturated heterocycles. The predicted molar refractivity (Wildman–Crippen MR) is 54.9 cm³/mol. The highest BCUT2D eigenvalue weighted by molar-refractivity contribution is 5.74. The monoisotopic (exact) mass is 194 g/mol. The van der Waals surface area contributed by atoms with Gasteiger partial charge in [-0.05, 0) is 18.6 Å². The molecule has 1 rings (SSSR count). The summed E-state index contributed by atoms with van der Waals surface area (Å²) in [4.78, 5) is 10.5. The Balaban J connectivity index is 2.85. The van der Waals surface area contributed by atoms with Crippen molar-refractivity contribution in [1.29, 1.82) is 0 Å². The van der Waals surface area contributed by atoms with Crippen molar-refractivity contribution in [2.24, 2.45) is 5.73 Å². The minimum absolute atomic E-state index is 0.267. The number of hydrogen-bond donors (Lipinski definition) is 3. The zero-order valence-electron chi connectivity index (χ0n) is 8.03. The molecule has 1 aromatic rings. The van der Waals surface area contributed by atoms with Crippen LogP contribution in [0.25, 0.3) is 0 Å². The molecule has 4 nitrogen and oxygen atoms in total. The molecule has 0 aliphatic rings. The van der Waals surface area contributed by atoms with E-state index in [9.17, 15) is 4.79 Å². The Bertz CT molecular complexity index is 350. The summed E-state index contributed by atoms with van der Waals surface area (Å²) in [6.07, 6.45) is 0.267. The van der Waals surface area contributed by atoms with Crippen molar-refractivity contribution >= 4 is 11.7 Å². The minimum atomic E-state index is -1.01. The first-order valence-corrected chi connectivity index (χ1v) is 4.34. The van der Waals surface area contributed by atoms with Crippen LogP contribution >= 0.6 is 0 Å². The lowest BCUT2D eigenvalue weighted by atomic mass is 10.0. The van der Waals surface area contributed by atoms with E-state index < -0.39 is 12.0 Å². The molecule has 0 amide bonds. The van der Waals surface area contributed by atoms with Crippen molar-refractivity contribution in [1.82, 2.24) is 0 Å². The number of aryl methyl sites for hydroxylation is 1. The number of aliphatic carboxylic acids is 1. The number of benzene rings is 1. The van der Waals surface area contributed by atoms with E-state index in [1.807, 2.05) is 19.1 Å². The van der Waals surface area contributed by atoms with Gasteiger partial charge >= 0.3 is 5.97 Å². The van der Waals surface area contributed by atoms with Gasteiger partial charge in [-0.2, -0.15) is 0 Å². The summed E-state index contributed by atoms with van der Waals surface area (Å²) in [5.74, 6) is -1.01. The van der Waals surface area contributed by atoms with Crippen LogP contribution in [-0.2, 0) is 11.2 Å². The van der Waals surface area contributed by atoms with Crippen LogP contribution in [0.3, 0.4) is 0 Å². The van der Waals surface area contributed by atoms with Gasteiger partial charge in [0, 0.05) is 12.1 Å². The van der Waals surface area contributed by atoms with Crippen LogP contribution in [0, 0.1) is 6.92 Å². The van der Waals surface area contributed by atoms with Crippen LogP contribution in [0.2, 0.25) is 0 Å². The second-order valence-electron chi connectivity index (χ2n) is 3.35. The van der Waals surface area contributed by atoms with Crippen molar-refractivity contribution in [3.8, 4) is 0 Å². The van der Waals surface area contributed by atoms with E-state index in [1.165, 1.54) is 0 Å². The van der Waals surface area contributed by atoms with E-state index in [-0.39, 0.29) is 6.42 Å². The molecular formula is C10H14N2O2. The van der Waals surface area contributed by atoms with E-state index in [0.29, 0.717) is 5.69 Å². The lowest BCUT2D eigenvalue weighted by molar-refractivity contribution is -0.138. The first-order valence-electron chi connectivity index (χ1n) is 4.34. The molecule has 0 unspecified atom stereocenters. The Morgan fingerprint density at radius 1 is 1.57 bits per heavy atom. The highest BCUT2D eigenvalue weighted by Gasteiger charge is 2.13. The lowest BCUT2D eigenvalue weighted by Crippen LogP contribution is -2.32. The molecule has 76 valence electrons. The molecule has 1 aromatic carbocycles. The third kappa shape index (κ3) is 2.47. The Morgan fingerprint density at radius 3 is 2.79 bits per heavy atom. The Kier molecular flexibility index (Phi) is 3.09. The van der Waals surface area contributed by atoms with E-state index in [1.54, 1.807) is 6.07 Å². The topological polar surface area (TPSA) is 89.3 Å². The number of anilines is 1. The molecule has 5 N–H and O–H groups in total. The fourth-order valence-electron chi connectivity index (χ4n) is 1.24. The zero-order chi connectivity index (χ0) is 10.7. The van der Waals surface area contributed by atoms with Gasteiger partial charge in [0.25, 0.3) is 0 Å². The molecule has 0 aliphatic heterocycles. The predicted octanol–water partition coefficient (Wildman–Crippen LogP) is 0.532. The molecular weight excluding hydrogens is 180 g/mol. The summed E-state index contributed by atoms with van der Waals surface area (Å²) >= 11 is 0. The van der Waals surface area contributed by atoms with Crippen LogP contribution < -0.4 is 11.5 Å². The second-order valence-corrected chi connectivity index (χ2v) is 3.35. The Morgan fingerprint density at radius 2 is 2.21 bits per heavy atom. The van der Waals surface area contributed by atoms with E-state index in [0.717, 1.165) is 11.1 Å². The summed E-state index contributed by atoms with van der Waals surface area (Å²) < 4.78 is 0. The Labute approximate surface area is 82.5 Å². The molecule has 0 bridgehead atoms. The van der Waals surface area contributed by atoms with Crippen molar-refractivity contribution in [2.45, 2.75) is 19.4 Å². The van der Waals surface area contributed by atoms with Crippen LogP contribution in [0.15, 0.2) is 18.2 Å². The maximum atomic E-state index is 10.5. The SMILES string of the molecule is Cc1ccc(N)c(C[C@H](N)C(=O)O)c1. The van der Waals surface area contributed by atoms with Gasteiger partial charge in [-0.3, -0.25) is 4.79 Å².